The standard InChI is InChI=1S/C7H10FNO3/c1-4(10)9-3-5(8)2-6(9)7(11)12/h5-6H,2-3H2,1H3,(H,11,12)/t5-,6-/m1/s1. The first-order valence-electron chi connectivity index (χ1n) is 3.66. The number of amides is 1. The fourth-order valence-corrected chi connectivity index (χ4v) is 1.37. The Morgan fingerprint density at radius 3 is 2.50 bits per heavy atom. The van der Waals surface area contributed by atoms with Crippen LogP contribution in [0.5, 0.6) is 0 Å². The maximum Gasteiger partial charge on any atom is 0.326 e. The van der Waals surface area contributed by atoms with Gasteiger partial charge in [0.2, 0.25) is 5.91 Å². The van der Waals surface area contributed by atoms with Crippen LogP contribution in [0.4, 0.5) is 4.39 Å². The Morgan fingerprint density at radius 1 is 1.58 bits per heavy atom. The Kier molecular flexibility index (Phi) is 2.30. The van der Waals surface area contributed by atoms with Crippen molar-refractivity contribution in [2.75, 3.05) is 6.54 Å². The predicted octanol–water partition coefficient (Wildman–Crippen LogP) is 0.0299. The molecule has 1 aliphatic rings. The van der Waals surface area contributed by atoms with Crippen molar-refractivity contribution in [1.29, 1.82) is 0 Å². The zero-order valence-electron chi connectivity index (χ0n) is 6.66. The van der Waals surface area contributed by atoms with E-state index in [0.29, 0.717) is 0 Å². The monoisotopic (exact) mass is 175 g/mol. The summed E-state index contributed by atoms with van der Waals surface area (Å²) in [6, 6.07) is -0.975. The molecule has 0 saturated carbocycles. The summed E-state index contributed by atoms with van der Waals surface area (Å²) in [5.41, 5.74) is 0. The number of hydrogen-bond acceptors (Lipinski definition) is 2. The number of carbonyl (C=O) groups excluding carboxylic acids is 1. The maximum atomic E-state index is 12.7. The Hall–Kier alpha value is -1.13. The van der Waals surface area contributed by atoms with Crippen molar-refractivity contribution in [2.24, 2.45) is 0 Å². The van der Waals surface area contributed by atoms with E-state index in [4.69, 9.17) is 5.11 Å². The van der Waals surface area contributed by atoms with Crippen molar-refractivity contribution < 1.29 is 19.1 Å². The SMILES string of the molecule is CC(=O)N1C[C@H](F)C[C@@H]1C(=O)O. The molecular formula is C7H10FNO3. The van der Waals surface area contributed by atoms with Crippen LogP contribution in [0, 0.1) is 0 Å². The molecule has 0 aromatic heterocycles. The Labute approximate surface area is 69.0 Å². The van der Waals surface area contributed by atoms with Gasteiger partial charge in [0.25, 0.3) is 0 Å². The Morgan fingerprint density at radius 2 is 2.17 bits per heavy atom. The van der Waals surface area contributed by atoms with Crippen LogP contribution in [0.3, 0.4) is 0 Å². The van der Waals surface area contributed by atoms with E-state index in [1.165, 1.54) is 6.92 Å². The molecule has 12 heavy (non-hydrogen) atoms. The van der Waals surface area contributed by atoms with Gasteiger partial charge in [-0.25, -0.2) is 9.18 Å². The topological polar surface area (TPSA) is 57.6 Å². The number of nitrogens with zero attached hydrogens (tertiary/aromatic N) is 1. The van der Waals surface area contributed by atoms with Crippen LogP contribution in [-0.4, -0.2) is 40.6 Å². The average Bonchev–Trinajstić information content (AvgIpc) is 2.31. The summed E-state index contributed by atoms with van der Waals surface area (Å²) in [6.45, 7) is 1.15. The van der Waals surface area contributed by atoms with Crippen LogP contribution in [0.2, 0.25) is 0 Å². The lowest BCUT2D eigenvalue weighted by Gasteiger charge is -2.18. The molecule has 1 amide bonds. The van der Waals surface area contributed by atoms with Crippen molar-refractivity contribution in [2.45, 2.75) is 25.6 Å². The van der Waals surface area contributed by atoms with E-state index in [-0.39, 0.29) is 18.9 Å². The summed E-state index contributed by atoms with van der Waals surface area (Å²) in [4.78, 5) is 22.4. The molecule has 1 fully saturated rings. The number of carboxylic acids is 1. The number of rotatable bonds is 1. The zero-order chi connectivity index (χ0) is 9.30. The maximum absolute atomic E-state index is 12.7. The van der Waals surface area contributed by atoms with Crippen LogP contribution in [0.25, 0.3) is 0 Å². The van der Waals surface area contributed by atoms with Crippen LogP contribution >= 0.6 is 0 Å². The molecule has 0 unspecified atom stereocenters. The lowest BCUT2D eigenvalue weighted by Crippen LogP contribution is -2.39. The average molecular weight is 175 g/mol. The van der Waals surface area contributed by atoms with Gasteiger partial charge in [0.1, 0.15) is 12.2 Å². The van der Waals surface area contributed by atoms with Gasteiger partial charge in [-0.1, -0.05) is 0 Å². The highest BCUT2D eigenvalue weighted by Gasteiger charge is 2.38. The summed E-state index contributed by atoms with van der Waals surface area (Å²) < 4.78 is 12.7. The van der Waals surface area contributed by atoms with Gasteiger partial charge in [-0.05, 0) is 0 Å². The van der Waals surface area contributed by atoms with Gasteiger partial charge in [0.15, 0.2) is 0 Å². The molecule has 1 heterocycles. The molecular weight excluding hydrogens is 165 g/mol. The number of carboxylic acid groups (broad SMARTS) is 1. The zero-order valence-corrected chi connectivity index (χ0v) is 6.66. The van der Waals surface area contributed by atoms with Gasteiger partial charge < -0.3 is 10.0 Å². The molecule has 5 heteroatoms. The number of hydrogen-bond donors (Lipinski definition) is 1. The van der Waals surface area contributed by atoms with E-state index < -0.39 is 18.2 Å². The number of carbonyl (C=O) groups is 2. The molecule has 1 rings (SSSR count). The van der Waals surface area contributed by atoms with Gasteiger partial charge in [0, 0.05) is 13.3 Å². The molecule has 4 nitrogen and oxygen atoms in total. The number of halogens is 1. The second kappa shape index (κ2) is 3.08. The second-order valence-electron chi connectivity index (χ2n) is 2.86. The molecule has 0 aliphatic carbocycles. The summed E-state index contributed by atoms with van der Waals surface area (Å²) in [5, 5.41) is 8.59. The van der Waals surface area contributed by atoms with Crippen molar-refractivity contribution in [3.05, 3.63) is 0 Å². The van der Waals surface area contributed by atoms with Crippen molar-refractivity contribution in [1.82, 2.24) is 4.90 Å². The fourth-order valence-electron chi connectivity index (χ4n) is 1.37. The molecule has 0 spiro atoms. The highest BCUT2D eigenvalue weighted by Crippen LogP contribution is 2.20. The first-order valence-corrected chi connectivity index (χ1v) is 3.66. The van der Waals surface area contributed by atoms with Crippen molar-refractivity contribution in [3.8, 4) is 0 Å². The van der Waals surface area contributed by atoms with Crippen molar-refractivity contribution in [3.63, 3.8) is 0 Å². The van der Waals surface area contributed by atoms with Gasteiger partial charge >= 0.3 is 5.97 Å². The molecule has 0 aromatic carbocycles. The molecule has 1 aliphatic heterocycles. The van der Waals surface area contributed by atoms with E-state index >= 15 is 0 Å². The highest BCUT2D eigenvalue weighted by atomic mass is 19.1. The summed E-state index contributed by atoms with van der Waals surface area (Å²) in [7, 11) is 0. The Balaban J connectivity index is 2.72. The fraction of sp³-hybridized carbons (Fsp3) is 0.714. The molecule has 68 valence electrons. The minimum absolute atomic E-state index is 0.0884. The normalized spacial score (nSPS) is 29.0. The van der Waals surface area contributed by atoms with Crippen LogP contribution in [-0.2, 0) is 9.59 Å². The van der Waals surface area contributed by atoms with Gasteiger partial charge in [0.05, 0.1) is 6.54 Å². The number of aliphatic carboxylic acids is 1. The van der Waals surface area contributed by atoms with Crippen LogP contribution in [0.15, 0.2) is 0 Å². The Bertz CT molecular complexity index is 197. The van der Waals surface area contributed by atoms with Gasteiger partial charge in [-0.3, -0.25) is 4.79 Å². The third-order valence-electron chi connectivity index (χ3n) is 1.94. The largest absolute Gasteiger partial charge is 0.480 e. The number of alkyl halides is 1. The van der Waals surface area contributed by atoms with Crippen molar-refractivity contribution >= 4 is 11.9 Å². The molecule has 0 radical (unpaired) electrons. The summed E-state index contributed by atoms with van der Waals surface area (Å²) in [5.74, 6) is -1.52. The van der Waals surface area contributed by atoms with Gasteiger partial charge in [-0.2, -0.15) is 0 Å². The summed E-state index contributed by atoms with van der Waals surface area (Å²) in [6.07, 6.45) is -1.29. The first-order chi connectivity index (χ1) is 5.52. The third kappa shape index (κ3) is 1.54. The van der Waals surface area contributed by atoms with Gasteiger partial charge in [-0.15, -0.1) is 0 Å². The van der Waals surface area contributed by atoms with E-state index in [2.05, 4.69) is 0 Å². The molecule has 0 aromatic rings. The van der Waals surface area contributed by atoms with E-state index in [0.717, 1.165) is 4.90 Å². The van der Waals surface area contributed by atoms with Crippen LogP contribution in [0.1, 0.15) is 13.3 Å². The minimum Gasteiger partial charge on any atom is -0.480 e. The smallest absolute Gasteiger partial charge is 0.326 e. The molecule has 1 N–H and O–H groups in total. The molecule has 0 bridgehead atoms. The minimum atomic E-state index is -1.20. The van der Waals surface area contributed by atoms with E-state index in [1.807, 2.05) is 0 Å². The number of likely N-dealkylation sites (tertiary alicyclic amines) is 1. The van der Waals surface area contributed by atoms with E-state index in [9.17, 15) is 14.0 Å². The summed E-state index contributed by atoms with van der Waals surface area (Å²) >= 11 is 0. The lowest BCUT2D eigenvalue weighted by atomic mass is 10.2. The second-order valence-corrected chi connectivity index (χ2v) is 2.86. The quantitative estimate of drug-likeness (QED) is 0.611. The van der Waals surface area contributed by atoms with E-state index in [1.54, 1.807) is 0 Å². The first kappa shape index (κ1) is 8.96. The van der Waals surface area contributed by atoms with Crippen LogP contribution < -0.4 is 0 Å². The highest BCUT2D eigenvalue weighted by molar-refractivity contribution is 5.83. The predicted molar refractivity (Wildman–Crippen MR) is 38.3 cm³/mol. The lowest BCUT2D eigenvalue weighted by molar-refractivity contribution is -0.147. The third-order valence-corrected chi connectivity index (χ3v) is 1.94. The molecule has 1 saturated heterocycles. The molecule has 2 atom stereocenters.